The molecule has 1 rings (SSSR count). The summed E-state index contributed by atoms with van der Waals surface area (Å²) >= 11 is 0. The first-order valence-corrected chi connectivity index (χ1v) is 6.29. The molecule has 0 aliphatic carbocycles. The Morgan fingerprint density at radius 3 is 2.20 bits per heavy atom. The molecule has 1 amide bonds. The Bertz CT molecular complexity index is 464. The molecule has 0 aliphatic heterocycles. The van der Waals surface area contributed by atoms with E-state index >= 15 is 0 Å². The first-order chi connectivity index (χ1) is 9.54. The summed E-state index contributed by atoms with van der Waals surface area (Å²) in [7, 11) is 2.87. The van der Waals surface area contributed by atoms with Crippen LogP contribution < -0.4 is 14.8 Å². The van der Waals surface area contributed by atoms with Gasteiger partial charge in [0.15, 0.2) is 0 Å². The fourth-order valence-corrected chi connectivity index (χ4v) is 1.85. The number of carboxylic acid groups (broad SMARTS) is 1. The first kappa shape index (κ1) is 15.8. The predicted molar refractivity (Wildman–Crippen MR) is 73.3 cm³/mol. The van der Waals surface area contributed by atoms with Gasteiger partial charge in [-0.25, -0.2) is 4.79 Å². The highest BCUT2D eigenvalue weighted by atomic mass is 16.5. The minimum Gasteiger partial charge on any atom is -0.496 e. The van der Waals surface area contributed by atoms with Crippen molar-refractivity contribution in [1.82, 2.24) is 5.32 Å². The summed E-state index contributed by atoms with van der Waals surface area (Å²) in [5.41, 5.74) is 0.194. The van der Waals surface area contributed by atoms with E-state index in [1.165, 1.54) is 14.2 Å². The van der Waals surface area contributed by atoms with Crippen molar-refractivity contribution in [3.63, 3.8) is 0 Å². The molecule has 0 fully saturated rings. The lowest BCUT2D eigenvalue weighted by Crippen LogP contribution is -2.40. The smallest absolute Gasteiger partial charge is 0.326 e. The van der Waals surface area contributed by atoms with E-state index in [0.717, 1.165) is 0 Å². The molecule has 20 heavy (non-hydrogen) atoms. The minimum absolute atomic E-state index is 0.194. The lowest BCUT2D eigenvalue weighted by Gasteiger charge is -2.16. The predicted octanol–water partition coefficient (Wildman–Crippen LogP) is 1.69. The molecule has 1 atom stereocenters. The zero-order valence-corrected chi connectivity index (χ0v) is 11.8. The Balaban J connectivity index is 3.04. The van der Waals surface area contributed by atoms with Crippen LogP contribution in [0.25, 0.3) is 0 Å². The Hall–Kier alpha value is -2.24. The van der Waals surface area contributed by atoms with Crippen molar-refractivity contribution in [3.05, 3.63) is 23.8 Å². The van der Waals surface area contributed by atoms with Gasteiger partial charge in [0, 0.05) is 0 Å². The quantitative estimate of drug-likeness (QED) is 0.794. The van der Waals surface area contributed by atoms with E-state index < -0.39 is 17.9 Å². The van der Waals surface area contributed by atoms with Gasteiger partial charge in [0.1, 0.15) is 23.1 Å². The molecule has 0 saturated heterocycles. The lowest BCUT2D eigenvalue weighted by atomic mass is 10.1. The van der Waals surface area contributed by atoms with Crippen LogP contribution in [-0.2, 0) is 4.79 Å². The summed E-state index contributed by atoms with van der Waals surface area (Å²) in [4.78, 5) is 23.3. The molecular formula is C14H19NO5. The van der Waals surface area contributed by atoms with E-state index in [9.17, 15) is 9.59 Å². The average Bonchev–Trinajstić information content (AvgIpc) is 2.45. The minimum atomic E-state index is -1.06. The summed E-state index contributed by atoms with van der Waals surface area (Å²) in [6.45, 7) is 1.85. The number of methoxy groups -OCH3 is 2. The maximum Gasteiger partial charge on any atom is 0.326 e. The Labute approximate surface area is 117 Å². The number of rotatable bonds is 7. The van der Waals surface area contributed by atoms with Gasteiger partial charge >= 0.3 is 5.97 Å². The molecule has 110 valence electrons. The number of amides is 1. The van der Waals surface area contributed by atoms with Crippen LogP contribution in [-0.4, -0.2) is 37.2 Å². The fourth-order valence-electron chi connectivity index (χ4n) is 1.85. The Kier molecular flexibility index (Phi) is 5.83. The van der Waals surface area contributed by atoms with E-state index in [2.05, 4.69) is 5.32 Å². The molecule has 0 aromatic heterocycles. The molecule has 2 N–H and O–H groups in total. The molecule has 0 bridgehead atoms. The number of carbonyl (C=O) groups excluding carboxylic acids is 1. The number of ether oxygens (including phenoxy) is 2. The fraction of sp³-hybridized carbons (Fsp3) is 0.429. The standard InChI is InChI=1S/C14H19NO5/c1-4-6-9(14(17)18)15-13(16)12-10(19-2)7-5-8-11(12)20-3/h5,7-9H,4,6H2,1-3H3,(H,15,16)(H,17,18)/t9-/m0/s1. The van der Waals surface area contributed by atoms with Crippen LogP contribution in [0.2, 0.25) is 0 Å². The summed E-state index contributed by atoms with van der Waals surface area (Å²) in [5, 5.41) is 11.6. The van der Waals surface area contributed by atoms with E-state index in [-0.39, 0.29) is 5.56 Å². The first-order valence-electron chi connectivity index (χ1n) is 6.29. The van der Waals surface area contributed by atoms with Crippen LogP contribution in [0.3, 0.4) is 0 Å². The number of carbonyl (C=O) groups is 2. The van der Waals surface area contributed by atoms with E-state index in [4.69, 9.17) is 14.6 Å². The topological polar surface area (TPSA) is 84.9 Å². The van der Waals surface area contributed by atoms with Crippen LogP contribution >= 0.6 is 0 Å². The molecular weight excluding hydrogens is 262 g/mol. The molecule has 0 radical (unpaired) electrons. The van der Waals surface area contributed by atoms with Gasteiger partial charge < -0.3 is 19.9 Å². The molecule has 0 heterocycles. The highest BCUT2D eigenvalue weighted by Gasteiger charge is 2.24. The van der Waals surface area contributed by atoms with Gasteiger partial charge in [-0.05, 0) is 18.6 Å². The summed E-state index contributed by atoms with van der Waals surface area (Å²) in [6, 6.07) is 4.00. The number of nitrogens with one attached hydrogen (secondary N) is 1. The van der Waals surface area contributed by atoms with Crippen LogP contribution in [0, 0.1) is 0 Å². The largest absolute Gasteiger partial charge is 0.496 e. The van der Waals surface area contributed by atoms with Crippen LogP contribution in [0.5, 0.6) is 11.5 Å². The zero-order valence-electron chi connectivity index (χ0n) is 11.8. The Morgan fingerprint density at radius 1 is 1.25 bits per heavy atom. The summed E-state index contributed by atoms with van der Waals surface area (Å²) in [6.07, 6.45) is 1.01. The van der Waals surface area contributed by atoms with Crippen LogP contribution in [0.1, 0.15) is 30.1 Å². The van der Waals surface area contributed by atoms with Gasteiger partial charge in [0.2, 0.25) is 0 Å². The van der Waals surface area contributed by atoms with E-state index in [1.807, 2.05) is 6.92 Å². The molecule has 0 aliphatic rings. The monoisotopic (exact) mass is 281 g/mol. The number of aliphatic carboxylic acids is 1. The maximum absolute atomic E-state index is 12.3. The van der Waals surface area contributed by atoms with Crippen molar-refractivity contribution in [2.24, 2.45) is 0 Å². The van der Waals surface area contributed by atoms with Crippen LogP contribution in [0.4, 0.5) is 0 Å². The van der Waals surface area contributed by atoms with Crippen molar-refractivity contribution >= 4 is 11.9 Å². The lowest BCUT2D eigenvalue weighted by molar-refractivity contribution is -0.139. The third-order valence-electron chi connectivity index (χ3n) is 2.84. The molecule has 1 aromatic carbocycles. The maximum atomic E-state index is 12.3. The summed E-state index contributed by atoms with van der Waals surface area (Å²) in [5.74, 6) is -0.917. The SMILES string of the molecule is CCC[C@H](NC(=O)c1c(OC)cccc1OC)C(=O)O. The second-order valence-electron chi connectivity index (χ2n) is 4.19. The van der Waals surface area contributed by atoms with Gasteiger partial charge in [-0.2, -0.15) is 0 Å². The second-order valence-corrected chi connectivity index (χ2v) is 4.19. The molecule has 6 nitrogen and oxygen atoms in total. The van der Waals surface area contributed by atoms with Gasteiger partial charge in [-0.3, -0.25) is 4.79 Å². The van der Waals surface area contributed by atoms with Gasteiger partial charge in [-0.15, -0.1) is 0 Å². The van der Waals surface area contributed by atoms with Crippen molar-refractivity contribution in [2.45, 2.75) is 25.8 Å². The van der Waals surface area contributed by atoms with Crippen molar-refractivity contribution in [2.75, 3.05) is 14.2 Å². The number of hydrogen-bond acceptors (Lipinski definition) is 4. The average molecular weight is 281 g/mol. The molecule has 0 spiro atoms. The highest BCUT2D eigenvalue weighted by Crippen LogP contribution is 2.28. The van der Waals surface area contributed by atoms with Crippen molar-refractivity contribution < 1.29 is 24.2 Å². The third-order valence-corrected chi connectivity index (χ3v) is 2.84. The number of benzene rings is 1. The normalized spacial score (nSPS) is 11.6. The highest BCUT2D eigenvalue weighted by molar-refractivity contribution is 6.01. The van der Waals surface area contributed by atoms with Crippen molar-refractivity contribution in [3.8, 4) is 11.5 Å². The molecule has 6 heteroatoms. The summed E-state index contributed by atoms with van der Waals surface area (Å²) < 4.78 is 10.2. The molecule has 0 saturated carbocycles. The number of hydrogen-bond donors (Lipinski definition) is 2. The van der Waals surface area contributed by atoms with Crippen LogP contribution in [0.15, 0.2) is 18.2 Å². The molecule has 0 unspecified atom stereocenters. The van der Waals surface area contributed by atoms with Crippen molar-refractivity contribution in [1.29, 1.82) is 0 Å². The zero-order chi connectivity index (χ0) is 15.1. The van der Waals surface area contributed by atoms with Gasteiger partial charge in [0.25, 0.3) is 5.91 Å². The second kappa shape index (κ2) is 7.37. The van der Waals surface area contributed by atoms with E-state index in [1.54, 1.807) is 18.2 Å². The van der Waals surface area contributed by atoms with Gasteiger partial charge in [0.05, 0.1) is 14.2 Å². The Morgan fingerprint density at radius 2 is 1.80 bits per heavy atom. The van der Waals surface area contributed by atoms with Gasteiger partial charge in [-0.1, -0.05) is 19.4 Å². The molecule has 1 aromatic rings. The number of carboxylic acids is 1. The third kappa shape index (κ3) is 3.63. The van der Waals surface area contributed by atoms with E-state index in [0.29, 0.717) is 24.3 Å².